The van der Waals surface area contributed by atoms with E-state index in [-0.39, 0.29) is 5.91 Å². The third-order valence-electron chi connectivity index (χ3n) is 3.45. The molecule has 0 saturated heterocycles. The summed E-state index contributed by atoms with van der Waals surface area (Å²) in [5.74, 6) is -0.0233. The number of hydrogen-bond donors (Lipinski definition) is 1. The summed E-state index contributed by atoms with van der Waals surface area (Å²) >= 11 is 0. The highest BCUT2D eigenvalue weighted by atomic mass is 16.2. The Morgan fingerprint density at radius 1 is 1.32 bits per heavy atom. The average Bonchev–Trinajstić information content (AvgIpc) is 2.39. The Morgan fingerprint density at radius 2 is 1.95 bits per heavy atom. The Labute approximate surface area is 116 Å². The molecular formula is C15H25N3O. The lowest BCUT2D eigenvalue weighted by Crippen LogP contribution is -2.33. The number of amides is 1. The van der Waals surface area contributed by atoms with Crippen molar-refractivity contribution >= 4 is 17.3 Å². The molecule has 1 unspecified atom stereocenters. The van der Waals surface area contributed by atoms with E-state index < -0.39 is 0 Å². The van der Waals surface area contributed by atoms with E-state index in [0.29, 0.717) is 17.3 Å². The van der Waals surface area contributed by atoms with Gasteiger partial charge in [0.05, 0.1) is 11.4 Å². The minimum absolute atomic E-state index is 0.0233. The number of carbonyl (C=O) groups excluding carboxylic acids is 1. The zero-order chi connectivity index (χ0) is 14.6. The van der Waals surface area contributed by atoms with Crippen LogP contribution < -0.4 is 10.6 Å². The Balaban J connectivity index is 3.09. The van der Waals surface area contributed by atoms with Gasteiger partial charge in [0.2, 0.25) is 0 Å². The molecule has 0 fully saturated rings. The number of rotatable bonds is 5. The summed E-state index contributed by atoms with van der Waals surface area (Å²) < 4.78 is 0. The van der Waals surface area contributed by atoms with Gasteiger partial charge < -0.3 is 15.5 Å². The van der Waals surface area contributed by atoms with Crippen LogP contribution >= 0.6 is 0 Å². The summed E-state index contributed by atoms with van der Waals surface area (Å²) in [5.41, 5.74) is 8.42. The fourth-order valence-electron chi connectivity index (χ4n) is 2.15. The van der Waals surface area contributed by atoms with Crippen LogP contribution in [-0.2, 0) is 0 Å². The van der Waals surface area contributed by atoms with Crippen LogP contribution in [0.4, 0.5) is 11.4 Å². The van der Waals surface area contributed by atoms with Gasteiger partial charge in [-0.15, -0.1) is 0 Å². The highest BCUT2D eigenvalue weighted by Crippen LogP contribution is 2.27. The van der Waals surface area contributed by atoms with E-state index in [1.807, 2.05) is 12.1 Å². The maximum Gasteiger partial charge on any atom is 0.253 e. The number of anilines is 2. The summed E-state index contributed by atoms with van der Waals surface area (Å²) in [6, 6.07) is 5.99. The van der Waals surface area contributed by atoms with Gasteiger partial charge in [-0.05, 0) is 38.5 Å². The van der Waals surface area contributed by atoms with Crippen molar-refractivity contribution in [2.24, 2.45) is 0 Å². The van der Waals surface area contributed by atoms with Gasteiger partial charge in [-0.25, -0.2) is 0 Å². The summed E-state index contributed by atoms with van der Waals surface area (Å²) in [6.45, 7) is 7.36. The van der Waals surface area contributed by atoms with Crippen molar-refractivity contribution < 1.29 is 4.79 Å². The third kappa shape index (κ3) is 3.40. The molecule has 1 aromatic carbocycles. The molecular weight excluding hydrogens is 238 g/mol. The van der Waals surface area contributed by atoms with Crippen LogP contribution in [0.25, 0.3) is 0 Å². The molecule has 0 radical (unpaired) electrons. The van der Waals surface area contributed by atoms with Crippen LogP contribution in [0.2, 0.25) is 0 Å². The van der Waals surface area contributed by atoms with Crippen LogP contribution in [0.3, 0.4) is 0 Å². The molecule has 4 nitrogen and oxygen atoms in total. The van der Waals surface area contributed by atoms with Crippen molar-refractivity contribution in [2.75, 3.05) is 31.3 Å². The lowest BCUT2D eigenvalue weighted by Gasteiger charge is -2.30. The predicted molar refractivity (Wildman–Crippen MR) is 81.6 cm³/mol. The first-order valence-corrected chi connectivity index (χ1v) is 6.80. The van der Waals surface area contributed by atoms with Crippen molar-refractivity contribution in [3.8, 4) is 0 Å². The maximum atomic E-state index is 11.9. The van der Waals surface area contributed by atoms with Gasteiger partial charge in [-0.3, -0.25) is 4.79 Å². The summed E-state index contributed by atoms with van der Waals surface area (Å²) in [4.78, 5) is 15.7. The van der Waals surface area contributed by atoms with E-state index in [1.165, 1.54) is 0 Å². The molecule has 1 rings (SSSR count). The summed E-state index contributed by atoms with van der Waals surface area (Å²) in [5, 5.41) is 0. The zero-order valence-electron chi connectivity index (χ0n) is 12.6. The minimum atomic E-state index is -0.0233. The number of nitrogens with two attached hydrogens (primary N) is 1. The first-order chi connectivity index (χ1) is 8.92. The van der Waals surface area contributed by atoms with Crippen molar-refractivity contribution in [3.63, 3.8) is 0 Å². The molecule has 4 heteroatoms. The average molecular weight is 263 g/mol. The van der Waals surface area contributed by atoms with Gasteiger partial charge in [0, 0.05) is 32.2 Å². The Hall–Kier alpha value is -1.71. The third-order valence-corrected chi connectivity index (χ3v) is 3.45. The maximum absolute atomic E-state index is 11.9. The van der Waals surface area contributed by atoms with E-state index >= 15 is 0 Å². The van der Waals surface area contributed by atoms with Gasteiger partial charge >= 0.3 is 0 Å². The standard InChI is InChI=1S/C15H25N3O/c1-6-11(3)18(7-2)14-9-8-12(10-13(14)16)15(19)17(4)5/h8-11H,6-7,16H2,1-5H3. The zero-order valence-corrected chi connectivity index (χ0v) is 12.6. The molecule has 2 N–H and O–H groups in total. The van der Waals surface area contributed by atoms with E-state index in [1.54, 1.807) is 25.1 Å². The molecule has 0 aliphatic heterocycles. The van der Waals surface area contributed by atoms with Crippen LogP contribution in [0.1, 0.15) is 37.6 Å². The Kier molecular flexibility index (Phi) is 5.21. The largest absolute Gasteiger partial charge is 0.397 e. The quantitative estimate of drug-likeness (QED) is 0.831. The fraction of sp³-hybridized carbons (Fsp3) is 0.533. The van der Waals surface area contributed by atoms with Gasteiger partial charge in [0.15, 0.2) is 0 Å². The van der Waals surface area contributed by atoms with Gasteiger partial charge in [-0.2, -0.15) is 0 Å². The van der Waals surface area contributed by atoms with Crippen molar-refractivity contribution in [3.05, 3.63) is 23.8 Å². The lowest BCUT2D eigenvalue weighted by molar-refractivity contribution is 0.0827. The van der Waals surface area contributed by atoms with E-state index in [4.69, 9.17) is 5.73 Å². The van der Waals surface area contributed by atoms with Gasteiger partial charge in [-0.1, -0.05) is 6.92 Å². The Morgan fingerprint density at radius 3 is 2.37 bits per heavy atom. The molecule has 0 aliphatic rings. The number of benzene rings is 1. The Bertz CT molecular complexity index is 443. The SMILES string of the molecule is CCC(C)N(CC)c1ccc(C(=O)N(C)C)cc1N. The van der Waals surface area contributed by atoms with Crippen LogP contribution in [0.15, 0.2) is 18.2 Å². The van der Waals surface area contributed by atoms with Crippen molar-refractivity contribution in [2.45, 2.75) is 33.2 Å². The normalized spacial score (nSPS) is 12.1. The topological polar surface area (TPSA) is 49.6 Å². The molecule has 106 valence electrons. The second-order valence-corrected chi connectivity index (χ2v) is 5.02. The first-order valence-electron chi connectivity index (χ1n) is 6.80. The number of hydrogen-bond acceptors (Lipinski definition) is 3. The molecule has 0 aliphatic carbocycles. The molecule has 19 heavy (non-hydrogen) atoms. The number of carbonyl (C=O) groups is 1. The van der Waals surface area contributed by atoms with Gasteiger partial charge in [0.1, 0.15) is 0 Å². The molecule has 1 amide bonds. The van der Waals surface area contributed by atoms with Crippen LogP contribution in [0.5, 0.6) is 0 Å². The molecule has 1 aromatic rings. The minimum Gasteiger partial charge on any atom is -0.397 e. The second kappa shape index (κ2) is 6.45. The summed E-state index contributed by atoms with van der Waals surface area (Å²) in [7, 11) is 3.48. The second-order valence-electron chi connectivity index (χ2n) is 5.02. The molecule has 0 heterocycles. The fourth-order valence-corrected chi connectivity index (χ4v) is 2.15. The van der Waals surface area contributed by atoms with E-state index in [9.17, 15) is 4.79 Å². The van der Waals surface area contributed by atoms with Gasteiger partial charge in [0.25, 0.3) is 5.91 Å². The summed E-state index contributed by atoms with van der Waals surface area (Å²) in [6.07, 6.45) is 1.06. The molecule has 0 bridgehead atoms. The lowest BCUT2D eigenvalue weighted by atomic mass is 10.1. The highest BCUT2D eigenvalue weighted by molar-refractivity contribution is 5.95. The molecule has 0 spiro atoms. The van der Waals surface area contributed by atoms with E-state index in [2.05, 4.69) is 25.7 Å². The van der Waals surface area contributed by atoms with E-state index in [0.717, 1.165) is 18.7 Å². The molecule has 0 saturated carbocycles. The predicted octanol–water partition coefficient (Wildman–Crippen LogP) is 2.60. The number of nitrogen functional groups attached to an aromatic ring is 1. The van der Waals surface area contributed by atoms with Crippen LogP contribution in [-0.4, -0.2) is 37.5 Å². The smallest absolute Gasteiger partial charge is 0.253 e. The van der Waals surface area contributed by atoms with Crippen molar-refractivity contribution in [1.29, 1.82) is 0 Å². The van der Waals surface area contributed by atoms with Crippen LogP contribution in [0, 0.1) is 0 Å². The highest BCUT2D eigenvalue weighted by Gasteiger charge is 2.16. The molecule has 1 atom stereocenters. The first kappa shape index (κ1) is 15.3. The number of nitrogens with zero attached hydrogens (tertiary/aromatic N) is 2. The van der Waals surface area contributed by atoms with Crippen molar-refractivity contribution in [1.82, 2.24) is 4.90 Å². The molecule has 0 aromatic heterocycles. The monoisotopic (exact) mass is 263 g/mol.